The number of nitrogens with zero attached hydrogens (tertiary/aromatic N) is 2. The molecule has 3 aromatic rings. The highest BCUT2D eigenvalue weighted by molar-refractivity contribution is 7.92. The third-order valence-electron chi connectivity index (χ3n) is 5.78. The highest BCUT2D eigenvalue weighted by atomic mass is 32.2. The van der Waals surface area contributed by atoms with Crippen LogP contribution in [0.3, 0.4) is 0 Å². The number of benzene rings is 3. The van der Waals surface area contributed by atoms with E-state index < -0.39 is 10.0 Å². The third kappa shape index (κ3) is 6.00. The summed E-state index contributed by atoms with van der Waals surface area (Å²) in [5, 5.41) is 2.86. The van der Waals surface area contributed by atoms with Crippen molar-refractivity contribution < 1.29 is 13.2 Å². The van der Waals surface area contributed by atoms with Gasteiger partial charge in [-0.2, -0.15) is 0 Å². The Morgan fingerprint density at radius 2 is 1.39 bits per heavy atom. The Morgan fingerprint density at radius 3 is 2.03 bits per heavy atom. The largest absolute Gasteiger partial charge is 0.350 e. The average molecular weight is 464 g/mol. The predicted octanol–water partition coefficient (Wildman–Crippen LogP) is 3.79. The maximum absolute atomic E-state index is 13.3. The maximum atomic E-state index is 13.3. The molecule has 3 aromatic carbocycles. The molecule has 7 heteroatoms. The molecular formula is C26H29N3O3S. The number of rotatable bonds is 9. The zero-order chi connectivity index (χ0) is 23.1. The number of nitrogens with one attached hydrogen (secondary N) is 1. The van der Waals surface area contributed by atoms with E-state index in [9.17, 15) is 13.2 Å². The quantitative estimate of drug-likeness (QED) is 0.524. The summed E-state index contributed by atoms with van der Waals surface area (Å²) in [6.45, 7) is 3.31. The van der Waals surface area contributed by atoms with E-state index in [4.69, 9.17) is 0 Å². The summed E-state index contributed by atoms with van der Waals surface area (Å²) in [4.78, 5) is 15.3. The molecule has 0 aromatic heterocycles. The number of hydrogen-bond acceptors (Lipinski definition) is 4. The van der Waals surface area contributed by atoms with Crippen LogP contribution in [-0.4, -0.2) is 38.9 Å². The molecule has 33 heavy (non-hydrogen) atoms. The number of para-hydroxylation sites is 1. The van der Waals surface area contributed by atoms with Crippen molar-refractivity contribution in [2.24, 2.45) is 0 Å². The first-order valence-corrected chi connectivity index (χ1v) is 12.7. The Kier molecular flexibility index (Phi) is 7.42. The lowest BCUT2D eigenvalue weighted by Crippen LogP contribution is -2.40. The van der Waals surface area contributed by atoms with Crippen LogP contribution >= 0.6 is 0 Å². The first-order chi connectivity index (χ1) is 16.0. The van der Waals surface area contributed by atoms with Crippen LogP contribution in [-0.2, 0) is 27.9 Å². The number of carbonyl (C=O) groups excluding carboxylic acids is 1. The van der Waals surface area contributed by atoms with Crippen molar-refractivity contribution in [2.45, 2.75) is 30.8 Å². The lowest BCUT2D eigenvalue weighted by molar-refractivity contribution is -0.119. The van der Waals surface area contributed by atoms with E-state index in [0.717, 1.165) is 29.5 Å². The molecule has 0 unspecified atom stereocenters. The van der Waals surface area contributed by atoms with E-state index in [0.29, 0.717) is 12.2 Å². The molecular weight excluding hydrogens is 434 g/mol. The fourth-order valence-corrected chi connectivity index (χ4v) is 5.42. The molecule has 0 bridgehead atoms. The van der Waals surface area contributed by atoms with Crippen LogP contribution < -0.4 is 9.62 Å². The molecule has 1 aliphatic rings. The lowest BCUT2D eigenvalue weighted by atomic mass is 10.1. The van der Waals surface area contributed by atoms with Crippen molar-refractivity contribution in [1.82, 2.24) is 10.2 Å². The molecule has 0 saturated carbocycles. The van der Waals surface area contributed by atoms with Crippen LogP contribution in [0.1, 0.15) is 24.0 Å². The van der Waals surface area contributed by atoms with Gasteiger partial charge < -0.3 is 5.32 Å². The molecule has 0 radical (unpaired) electrons. The molecule has 1 amide bonds. The van der Waals surface area contributed by atoms with Gasteiger partial charge >= 0.3 is 0 Å². The summed E-state index contributed by atoms with van der Waals surface area (Å²) in [6, 6.07) is 25.1. The highest BCUT2D eigenvalue weighted by Gasteiger charge is 2.26. The SMILES string of the molecule is O=C(CN(c1ccccc1)S(=O)(=O)c1ccccc1)NCc1ccc(CN2CCCC2)cc1. The first-order valence-electron chi connectivity index (χ1n) is 11.2. The maximum Gasteiger partial charge on any atom is 0.264 e. The van der Waals surface area contributed by atoms with Crippen LogP contribution in [0.5, 0.6) is 0 Å². The normalized spacial score (nSPS) is 14.2. The van der Waals surface area contributed by atoms with Crippen LogP contribution in [0.15, 0.2) is 89.8 Å². The van der Waals surface area contributed by atoms with Crippen LogP contribution in [0, 0.1) is 0 Å². The van der Waals surface area contributed by atoms with E-state index in [1.54, 1.807) is 42.5 Å². The molecule has 1 aliphatic heterocycles. The van der Waals surface area contributed by atoms with Gasteiger partial charge in [0.25, 0.3) is 10.0 Å². The van der Waals surface area contributed by atoms with E-state index >= 15 is 0 Å². The zero-order valence-corrected chi connectivity index (χ0v) is 19.4. The van der Waals surface area contributed by atoms with Gasteiger partial charge in [-0.3, -0.25) is 14.0 Å². The van der Waals surface area contributed by atoms with Crippen molar-refractivity contribution in [3.63, 3.8) is 0 Å². The van der Waals surface area contributed by atoms with Crippen molar-refractivity contribution in [3.05, 3.63) is 96.1 Å². The van der Waals surface area contributed by atoms with Gasteiger partial charge in [-0.25, -0.2) is 8.42 Å². The number of carbonyl (C=O) groups is 1. The van der Waals surface area contributed by atoms with Crippen molar-refractivity contribution in [1.29, 1.82) is 0 Å². The van der Waals surface area contributed by atoms with E-state index in [2.05, 4.69) is 22.3 Å². The number of sulfonamides is 1. The minimum atomic E-state index is -3.88. The van der Waals surface area contributed by atoms with Gasteiger partial charge in [-0.05, 0) is 61.3 Å². The minimum Gasteiger partial charge on any atom is -0.350 e. The molecule has 6 nitrogen and oxygen atoms in total. The molecule has 0 atom stereocenters. The standard InChI is InChI=1S/C26H29N3O3S/c30-26(27-19-22-13-15-23(16-14-22)20-28-17-7-8-18-28)21-29(24-9-3-1-4-10-24)33(31,32)25-11-5-2-6-12-25/h1-6,9-16H,7-8,17-21H2,(H,27,30). The molecule has 0 aliphatic carbocycles. The Hall–Kier alpha value is -3.16. The Labute approximate surface area is 195 Å². The molecule has 1 saturated heterocycles. The van der Waals surface area contributed by atoms with Crippen LogP contribution in [0.2, 0.25) is 0 Å². The van der Waals surface area contributed by atoms with Crippen LogP contribution in [0.4, 0.5) is 5.69 Å². The van der Waals surface area contributed by atoms with Gasteiger partial charge in [0.1, 0.15) is 6.54 Å². The fraction of sp³-hybridized carbons (Fsp3) is 0.269. The Balaban J connectivity index is 1.41. The van der Waals surface area contributed by atoms with Crippen molar-refractivity contribution in [3.8, 4) is 0 Å². The second-order valence-corrected chi connectivity index (χ2v) is 10.1. The summed E-state index contributed by atoms with van der Waals surface area (Å²) in [7, 11) is -3.88. The average Bonchev–Trinajstić information content (AvgIpc) is 3.36. The summed E-state index contributed by atoms with van der Waals surface area (Å²) in [5.41, 5.74) is 2.68. The molecule has 4 rings (SSSR count). The molecule has 1 N–H and O–H groups in total. The van der Waals surface area contributed by atoms with E-state index in [1.807, 2.05) is 18.2 Å². The topological polar surface area (TPSA) is 69.7 Å². The van der Waals surface area contributed by atoms with Gasteiger partial charge in [0.15, 0.2) is 0 Å². The van der Waals surface area contributed by atoms with Gasteiger partial charge in [0.2, 0.25) is 5.91 Å². The lowest BCUT2D eigenvalue weighted by Gasteiger charge is -2.24. The molecule has 0 spiro atoms. The molecule has 172 valence electrons. The third-order valence-corrected chi connectivity index (χ3v) is 7.57. The fourth-order valence-electron chi connectivity index (χ4n) is 3.98. The monoisotopic (exact) mass is 463 g/mol. The summed E-state index contributed by atoms with van der Waals surface area (Å²) >= 11 is 0. The smallest absolute Gasteiger partial charge is 0.264 e. The Bertz CT molecular complexity index is 1140. The van der Waals surface area contributed by atoms with Gasteiger partial charge in [-0.15, -0.1) is 0 Å². The molecule has 1 heterocycles. The van der Waals surface area contributed by atoms with Crippen molar-refractivity contribution in [2.75, 3.05) is 23.9 Å². The second-order valence-electron chi connectivity index (χ2n) is 8.24. The Morgan fingerprint density at radius 1 is 0.818 bits per heavy atom. The zero-order valence-electron chi connectivity index (χ0n) is 18.6. The highest BCUT2D eigenvalue weighted by Crippen LogP contribution is 2.23. The van der Waals surface area contributed by atoms with E-state index in [-0.39, 0.29) is 17.3 Å². The van der Waals surface area contributed by atoms with Gasteiger partial charge in [0, 0.05) is 13.1 Å². The predicted molar refractivity (Wildman–Crippen MR) is 130 cm³/mol. The van der Waals surface area contributed by atoms with Crippen LogP contribution in [0.25, 0.3) is 0 Å². The van der Waals surface area contributed by atoms with Gasteiger partial charge in [0.05, 0.1) is 10.6 Å². The summed E-state index contributed by atoms with van der Waals surface area (Å²) in [5.74, 6) is -0.362. The van der Waals surface area contributed by atoms with E-state index in [1.165, 1.54) is 30.5 Å². The second kappa shape index (κ2) is 10.6. The summed E-state index contributed by atoms with van der Waals surface area (Å²) < 4.78 is 27.7. The minimum absolute atomic E-state index is 0.148. The number of hydrogen-bond donors (Lipinski definition) is 1. The first kappa shape index (κ1) is 23.0. The van der Waals surface area contributed by atoms with Crippen molar-refractivity contribution >= 4 is 21.6 Å². The summed E-state index contributed by atoms with van der Waals surface area (Å²) in [6.07, 6.45) is 2.54. The van der Waals surface area contributed by atoms with Gasteiger partial charge in [-0.1, -0.05) is 60.7 Å². The number of anilines is 1. The number of likely N-dealkylation sites (tertiary alicyclic amines) is 1. The number of amides is 1. The molecule has 1 fully saturated rings.